The van der Waals surface area contributed by atoms with Crippen LogP contribution in [0.15, 0.2) is 168 Å². The molecule has 0 N–H and O–H groups in total. The fraction of sp³-hybridized carbons (Fsp3) is 0.0625. The maximum atomic E-state index is 6.25. The van der Waals surface area contributed by atoms with Crippen LogP contribution in [0.5, 0.6) is 0 Å². The predicted octanol–water partition coefficient (Wildman–Crippen LogP) is 12.4. The SMILES string of the molecule is CC1(C)c2cc(-c3cccc4oc5ccccc5c34)ccc2-c2c(-c3cccc(-c4nc(-c5ccccc5)nc(-c5ccccc5)n4)c3)cccc21. The first-order chi connectivity index (χ1) is 25.5. The molecule has 0 fully saturated rings. The Balaban J connectivity index is 1.10. The Hall–Kier alpha value is -6.65. The second kappa shape index (κ2) is 11.7. The topological polar surface area (TPSA) is 51.8 Å². The summed E-state index contributed by atoms with van der Waals surface area (Å²) in [6.45, 7) is 4.69. The van der Waals surface area contributed by atoms with Crippen LogP contribution < -0.4 is 0 Å². The van der Waals surface area contributed by atoms with Gasteiger partial charge >= 0.3 is 0 Å². The van der Waals surface area contributed by atoms with Gasteiger partial charge in [0, 0.05) is 32.9 Å². The summed E-state index contributed by atoms with van der Waals surface area (Å²) < 4.78 is 6.25. The second-order valence-electron chi connectivity index (χ2n) is 14.0. The van der Waals surface area contributed by atoms with E-state index < -0.39 is 0 Å². The summed E-state index contributed by atoms with van der Waals surface area (Å²) >= 11 is 0. The number of benzene rings is 7. The normalized spacial score (nSPS) is 13.0. The van der Waals surface area contributed by atoms with Crippen LogP contribution in [0, 0.1) is 0 Å². The molecule has 0 atom stereocenters. The van der Waals surface area contributed by atoms with E-state index in [-0.39, 0.29) is 5.41 Å². The molecule has 0 spiro atoms. The number of nitrogens with zero attached hydrogens (tertiary/aromatic N) is 3. The summed E-state index contributed by atoms with van der Waals surface area (Å²) in [5.41, 5.74) is 14.4. The lowest BCUT2D eigenvalue weighted by Crippen LogP contribution is -2.15. The highest BCUT2D eigenvalue weighted by Crippen LogP contribution is 2.53. The number of aromatic nitrogens is 3. The molecule has 2 heterocycles. The van der Waals surface area contributed by atoms with Crippen LogP contribution in [0.1, 0.15) is 25.0 Å². The molecular weight excluding hydrogens is 635 g/mol. The summed E-state index contributed by atoms with van der Waals surface area (Å²) in [6, 6.07) is 57.2. The summed E-state index contributed by atoms with van der Waals surface area (Å²) in [4.78, 5) is 14.9. The molecule has 0 saturated heterocycles. The lowest BCUT2D eigenvalue weighted by atomic mass is 9.81. The van der Waals surface area contributed by atoms with E-state index in [1.807, 2.05) is 72.8 Å². The number of furan rings is 1. The molecule has 4 heteroatoms. The molecule has 246 valence electrons. The summed E-state index contributed by atoms with van der Waals surface area (Å²) in [5.74, 6) is 1.95. The third-order valence-electron chi connectivity index (χ3n) is 10.5. The Morgan fingerprint density at radius 2 is 0.962 bits per heavy atom. The molecule has 0 saturated carbocycles. The van der Waals surface area contributed by atoms with Crippen molar-refractivity contribution < 1.29 is 4.42 Å². The monoisotopic (exact) mass is 667 g/mol. The minimum atomic E-state index is -0.190. The second-order valence-corrected chi connectivity index (χ2v) is 14.0. The van der Waals surface area contributed by atoms with Crippen molar-refractivity contribution in [3.05, 3.63) is 175 Å². The first-order valence-electron chi connectivity index (χ1n) is 17.7. The van der Waals surface area contributed by atoms with Gasteiger partial charge in [0.1, 0.15) is 11.2 Å². The van der Waals surface area contributed by atoms with Crippen LogP contribution in [-0.2, 0) is 5.41 Å². The number of para-hydroxylation sites is 1. The third-order valence-corrected chi connectivity index (χ3v) is 10.5. The molecule has 0 amide bonds. The van der Waals surface area contributed by atoms with Gasteiger partial charge in [-0.15, -0.1) is 0 Å². The number of hydrogen-bond donors (Lipinski definition) is 0. The Kier molecular flexibility index (Phi) is 6.80. The first-order valence-corrected chi connectivity index (χ1v) is 17.7. The van der Waals surface area contributed by atoms with Gasteiger partial charge in [-0.05, 0) is 68.8 Å². The zero-order chi connectivity index (χ0) is 34.8. The van der Waals surface area contributed by atoms with E-state index in [1.54, 1.807) is 0 Å². The van der Waals surface area contributed by atoms with Crippen LogP contribution in [0.4, 0.5) is 0 Å². The van der Waals surface area contributed by atoms with Gasteiger partial charge < -0.3 is 4.42 Å². The van der Waals surface area contributed by atoms with E-state index in [2.05, 4.69) is 105 Å². The first kappa shape index (κ1) is 30.2. The van der Waals surface area contributed by atoms with E-state index in [9.17, 15) is 0 Å². The van der Waals surface area contributed by atoms with Crippen molar-refractivity contribution in [2.45, 2.75) is 19.3 Å². The maximum Gasteiger partial charge on any atom is 0.164 e. The van der Waals surface area contributed by atoms with E-state index in [4.69, 9.17) is 19.4 Å². The smallest absolute Gasteiger partial charge is 0.164 e. The fourth-order valence-electron chi connectivity index (χ4n) is 7.97. The summed E-state index contributed by atoms with van der Waals surface area (Å²) in [5, 5.41) is 2.30. The zero-order valence-electron chi connectivity index (χ0n) is 28.8. The Bertz CT molecular complexity index is 2760. The average molecular weight is 668 g/mol. The van der Waals surface area contributed by atoms with Crippen molar-refractivity contribution in [1.82, 2.24) is 15.0 Å². The predicted molar refractivity (Wildman–Crippen MR) is 212 cm³/mol. The van der Waals surface area contributed by atoms with Gasteiger partial charge in [-0.25, -0.2) is 15.0 Å². The van der Waals surface area contributed by atoms with E-state index >= 15 is 0 Å². The molecule has 2 aromatic heterocycles. The number of hydrogen-bond acceptors (Lipinski definition) is 4. The number of rotatable bonds is 5. The molecule has 4 nitrogen and oxygen atoms in total. The van der Waals surface area contributed by atoms with Crippen molar-refractivity contribution in [2.24, 2.45) is 0 Å². The largest absolute Gasteiger partial charge is 0.456 e. The Morgan fingerprint density at radius 3 is 1.71 bits per heavy atom. The Labute approximate surface area is 302 Å². The van der Waals surface area contributed by atoms with Gasteiger partial charge in [-0.1, -0.05) is 153 Å². The lowest BCUT2D eigenvalue weighted by molar-refractivity contribution is 0.660. The van der Waals surface area contributed by atoms with Gasteiger partial charge in [-0.3, -0.25) is 0 Å². The standard InChI is InChI=1S/C48H33N3O/c1-48(2)39-23-12-21-35(43(39)37-27-26-33(29-40(37)48)36-22-13-25-42-44(36)38-20-9-10-24-41(38)52-42)32-18-11-19-34(28-32)47-50-45(30-14-5-3-6-15-30)49-46(51-47)31-16-7-4-8-17-31/h3-29H,1-2H3. The van der Waals surface area contributed by atoms with Gasteiger partial charge in [0.15, 0.2) is 17.5 Å². The van der Waals surface area contributed by atoms with Crippen molar-refractivity contribution in [3.8, 4) is 67.5 Å². The average Bonchev–Trinajstić information content (AvgIpc) is 3.70. The maximum absolute atomic E-state index is 6.25. The highest BCUT2D eigenvalue weighted by Gasteiger charge is 2.37. The summed E-state index contributed by atoms with van der Waals surface area (Å²) in [7, 11) is 0. The van der Waals surface area contributed by atoms with Crippen molar-refractivity contribution in [1.29, 1.82) is 0 Å². The van der Waals surface area contributed by atoms with Gasteiger partial charge in [0.05, 0.1) is 0 Å². The van der Waals surface area contributed by atoms with E-state index in [0.717, 1.165) is 44.2 Å². The summed E-state index contributed by atoms with van der Waals surface area (Å²) in [6.07, 6.45) is 0. The molecule has 0 unspecified atom stereocenters. The van der Waals surface area contributed by atoms with Crippen molar-refractivity contribution in [3.63, 3.8) is 0 Å². The Morgan fingerprint density at radius 1 is 0.404 bits per heavy atom. The molecule has 10 rings (SSSR count). The highest BCUT2D eigenvalue weighted by atomic mass is 16.3. The van der Waals surface area contributed by atoms with Crippen molar-refractivity contribution >= 4 is 21.9 Å². The molecule has 1 aliphatic rings. The lowest BCUT2D eigenvalue weighted by Gasteiger charge is -2.22. The molecule has 0 aliphatic heterocycles. The molecule has 7 aromatic carbocycles. The van der Waals surface area contributed by atoms with E-state index in [1.165, 1.54) is 38.9 Å². The van der Waals surface area contributed by atoms with Crippen LogP contribution in [0.3, 0.4) is 0 Å². The van der Waals surface area contributed by atoms with Crippen molar-refractivity contribution in [2.75, 3.05) is 0 Å². The molecule has 0 radical (unpaired) electrons. The molecule has 0 bridgehead atoms. The van der Waals surface area contributed by atoms with Crippen LogP contribution >= 0.6 is 0 Å². The van der Waals surface area contributed by atoms with Crippen LogP contribution in [0.2, 0.25) is 0 Å². The zero-order valence-corrected chi connectivity index (χ0v) is 28.8. The minimum Gasteiger partial charge on any atom is -0.456 e. The highest BCUT2D eigenvalue weighted by molar-refractivity contribution is 6.12. The van der Waals surface area contributed by atoms with Crippen LogP contribution in [0.25, 0.3) is 89.5 Å². The number of fused-ring (bicyclic) bond motifs is 6. The van der Waals surface area contributed by atoms with Gasteiger partial charge in [0.25, 0.3) is 0 Å². The molecular formula is C48H33N3O. The van der Waals surface area contributed by atoms with Crippen LogP contribution in [-0.4, -0.2) is 15.0 Å². The van der Waals surface area contributed by atoms with Gasteiger partial charge in [0.2, 0.25) is 0 Å². The van der Waals surface area contributed by atoms with Gasteiger partial charge in [-0.2, -0.15) is 0 Å². The minimum absolute atomic E-state index is 0.190. The molecule has 1 aliphatic carbocycles. The molecule has 9 aromatic rings. The van der Waals surface area contributed by atoms with E-state index in [0.29, 0.717) is 17.5 Å². The molecule has 52 heavy (non-hydrogen) atoms. The fourth-order valence-corrected chi connectivity index (χ4v) is 7.97. The quantitative estimate of drug-likeness (QED) is 0.183. The third kappa shape index (κ3) is 4.79.